The first-order valence-corrected chi connectivity index (χ1v) is 6.96. The average molecular weight is 319 g/mol. The zero-order valence-corrected chi connectivity index (χ0v) is 11.0. The molecule has 12 heteroatoms. The van der Waals surface area contributed by atoms with E-state index in [0.717, 1.165) is 0 Å². The number of carbonyl (C=O) groups excluding carboxylic acids is 1. The summed E-state index contributed by atoms with van der Waals surface area (Å²) in [4.78, 5) is 19.3. The third kappa shape index (κ3) is 5.89. The van der Waals surface area contributed by atoms with Crippen molar-refractivity contribution in [2.24, 2.45) is 5.50 Å². The molecule has 0 saturated heterocycles. The molecule has 0 spiro atoms. The van der Waals surface area contributed by atoms with Crippen LogP contribution in [0.2, 0.25) is 0 Å². The summed E-state index contributed by atoms with van der Waals surface area (Å²) in [6, 6.07) is 0. The van der Waals surface area contributed by atoms with Gasteiger partial charge in [0.1, 0.15) is 30.5 Å². The topological polar surface area (TPSA) is 211 Å². The highest BCUT2D eigenvalue weighted by atomic mass is 31.2. The molecule has 0 radical (unpaired) electrons. The molecule has 0 rings (SSSR count). The Bertz CT molecular complexity index is 348. The van der Waals surface area contributed by atoms with Gasteiger partial charge >= 0.3 is 7.75 Å². The van der Waals surface area contributed by atoms with Gasteiger partial charge in [-0.05, 0) is 0 Å². The van der Waals surface area contributed by atoms with Crippen molar-refractivity contribution >= 4 is 14.0 Å². The molecule has 11 nitrogen and oxygen atoms in total. The molecule has 0 aliphatic carbocycles. The quantitative estimate of drug-likeness (QED) is 0.150. The fourth-order valence-electron chi connectivity index (χ4n) is 1.28. The summed E-state index contributed by atoms with van der Waals surface area (Å²) in [7, 11) is -4.65. The number of rotatable bonds is 9. The minimum absolute atomic E-state index is 0.148. The van der Waals surface area contributed by atoms with E-state index in [0.29, 0.717) is 0 Å². The predicted molar refractivity (Wildman–Crippen MR) is 62.1 cm³/mol. The van der Waals surface area contributed by atoms with Crippen LogP contribution in [-0.4, -0.2) is 85.0 Å². The number of aldehydes is 1. The van der Waals surface area contributed by atoms with Gasteiger partial charge in [0, 0.05) is 0 Å². The standard InChI is InChI=1S/C8H18NO10P/c9-20(17,18)19-4(2-11)6(14)8(16)7(15)5(13)3(12)1-10/h2-8,10,12-16H,1H2,(H3,9,17,18)/t3-,4+,5-,6+,7-,8+/m1/s1. The number of nitrogens with two attached hydrogens (primary N) is 1. The molecule has 0 bridgehead atoms. The van der Waals surface area contributed by atoms with E-state index in [4.69, 9.17) is 15.1 Å². The van der Waals surface area contributed by atoms with E-state index in [2.05, 4.69) is 10.0 Å². The lowest BCUT2D eigenvalue weighted by atomic mass is 9.97. The minimum atomic E-state index is -4.65. The number of hydrogen-bond acceptors (Lipinski definition) is 9. The maximum atomic E-state index is 10.7. The fourth-order valence-corrected chi connectivity index (χ4v) is 1.80. The Kier molecular flexibility index (Phi) is 7.91. The van der Waals surface area contributed by atoms with E-state index >= 15 is 0 Å². The summed E-state index contributed by atoms with van der Waals surface area (Å²) in [5.74, 6) is 0. The zero-order valence-electron chi connectivity index (χ0n) is 10.1. The SMILES string of the molecule is NP(=O)(O)O[C@@H](C=O)[C@H](O)[C@H](O)[C@H](O)[C@H](O)[C@H](O)CO. The lowest BCUT2D eigenvalue weighted by molar-refractivity contribution is -0.157. The van der Waals surface area contributed by atoms with E-state index in [-0.39, 0.29) is 6.29 Å². The molecular formula is C8H18NO10P. The highest BCUT2D eigenvalue weighted by Gasteiger charge is 2.39. The number of aliphatic hydroxyl groups excluding tert-OH is 6. The lowest BCUT2D eigenvalue weighted by Gasteiger charge is -2.30. The second-order valence-corrected chi connectivity index (χ2v) is 5.32. The highest BCUT2D eigenvalue weighted by Crippen LogP contribution is 2.34. The van der Waals surface area contributed by atoms with E-state index in [9.17, 15) is 29.8 Å². The molecule has 0 amide bonds. The van der Waals surface area contributed by atoms with Crippen LogP contribution in [0.15, 0.2) is 0 Å². The zero-order chi connectivity index (χ0) is 16.1. The van der Waals surface area contributed by atoms with Gasteiger partial charge in [0.15, 0.2) is 12.4 Å². The second kappa shape index (κ2) is 8.10. The minimum Gasteiger partial charge on any atom is -0.394 e. The Morgan fingerprint density at radius 1 is 1.05 bits per heavy atom. The number of aliphatic hydroxyl groups is 6. The van der Waals surface area contributed by atoms with Crippen LogP contribution < -0.4 is 5.50 Å². The summed E-state index contributed by atoms with van der Waals surface area (Å²) in [5, 5.41) is 55.3. The molecule has 1 unspecified atom stereocenters. The predicted octanol–water partition coefficient (Wildman–Crippen LogP) is -4.57. The highest BCUT2D eigenvalue weighted by molar-refractivity contribution is 7.50. The van der Waals surface area contributed by atoms with E-state index < -0.39 is 51.0 Å². The van der Waals surface area contributed by atoms with Gasteiger partial charge in [0.25, 0.3) is 0 Å². The van der Waals surface area contributed by atoms with Crippen LogP contribution in [0.3, 0.4) is 0 Å². The van der Waals surface area contributed by atoms with Crippen LogP contribution in [0.5, 0.6) is 0 Å². The fraction of sp³-hybridized carbons (Fsp3) is 0.875. The number of hydrogen-bond donors (Lipinski definition) is 8. The molecule has 0 aromatic carbocycles. The summed E-state index contributed by atoms with van der Waals surface area (Å²) >= 11 is 0. The molecule has 0 aromatic heterocycles. The van der Waals surface area contributed by atoms with Gasteiger partial charge < -0.3 is 40.3 Å². The van der Waals surface area contributed by atoms with E-state index in [1.165, 1.54) is 0 Å². The summed E-state index contributed by atoms with van der Waals surface area (Å²) < 4.78 is 14.8. The van der Waals surface area contributed by atoms with Crippen molar-refractivity contribution in [3.8, 4) is 0 Å². The maximum absolute atomic E-state index is 10.7. The molecule has 0 aromatic rings. The Hall–Kier alpha value is -0.460. The van der Waals surface area contributed by atoms with Gasteiger partial charge in [-0.2, -0.15) is 0 Å². The second-order valence-electron chi connectivity index (χ2n) is 3.98. The van der Waals surface area contributed by atoms with Crippen LogP contribution in [-0.2, 0) is 13.9 Å². The lowest BCUT2D eigenvalue weighted by Crippen LogP contribution is -2.53. The molecule has 0 fully saturated rings. The van der Waals surface area contributed by atoms with Crippen LogP contribution >= 0.6 is 7.75 Å². The van der Waals surface area contributed by atoms with Crippen molar-refractivity contribution in [2.45, 2.75) is 36.6 Å². The van der Waals surface area contributed by atoms with Crippen molar-refractivity contribution in [1.82, 2.24) is 0 Å². The average Bonchev–Trinajstić information content (AvgIpc) is 2.39. The van der Waals surface area contributed by atoms with Gasteiger partial charge in [-0.3, -0.25) is 4.52 Å². The van der Waals surface area contributed by atoms with E-state index in [1.54, 1.807) is 0 Å². The van der Waals surface area contributed by atoms with Crippen LogP contribution in [0, 0.1) is 0 Å². The molecular weight excluding hydrogens is 301 g/mol. The maximum Gasteiger partial charge on any atom is 0.401 e. The summed E-state index contributed by atoms with van der Waals surface area (Å²) in [6.45, 7) is -0.941. The van der Waals surface area contributed by atoms with Crippen molar-refractivity contribution < 1.29 is 49.4 Å². The normalized spacial score (nSPS) is 24.0. The Labute approximate surface area is 113 Å². The largest absolute Gasteiger partial charge is 0.401 e. The van der Waals surface area contributed by atoms with Crippen molar-refractivity contribution in [3.63, 3.8) is 0 Å². The molecule has 20 heavy (non-hydrogen) atoms. The van der Waals surface area contributed by atoms with Gasteiger partial charge in [-0.1, -0.05) is 0 Å². The molecule has 0 aliphatic heterocycles. The first kappa shape index (κ1) is 19.5. The van der Waals surface area contributed by atoms with Crippen molar-refractivity contribution in [3.05, 3.63) is 0 Å². The van der Waals surface area contributed by atoms with Crippen molar-refractivity contribution in [2.75, 3.05) is 6.61 Å². The molecule has 0 saturated carbocycles. The molecule has 120 valence electrons. The number of carbonyl (C=O) groups is 1. The Morgan fingerprint density at radius 3 is 1.85 bits per heavy atom. The summed E-state index contributed by atoms with van der Waals surface area (Å²) in [5.41, 5.74) is 4.61. The third-order valence-electron chi connectivity index (χ3n) is 2.37. The first-order chi connectivity index (χ1) is 9.05. The molecule has 0 aliphatic rings. The Balaban J connectivity index is 4.84. The van der Waals surface area contributed by atoms with E-state index in [1.807, 2.05) is 0 Å². The van der Waals surface area contributed by atoms with Crippen molar-refractivity contribution in [1.29, 1.82) is 0 Å². The van der Waals surface area contributed by atoms with Crippen LogP contribution in [0.4, 0.5) is 0 Å². The smallest absolute Gasteiger partial charge is 0.394 e. The van der Waals surface area contributed by atoms with Gasteiger partial charge in [-0.25, -0.2) is 10.1 Å². The molecule has 9 N–H and O–H groups in total. The third-order valence-corrected chi connectivity index (χ3v) is 2.92. The van der Waals surface area contributed by atoms with Crippen LogP contribution in [0.25, 0.3) is 0 Å². The Morgan fingerprint density at radius 2 is 1.50 bits per heavy atom. The summed E-state index contributed by atoms with van der Waals surface area (Å²) in [6.07, 6.45) is -12.7. The molecule has 7 atom stereocenters. The van der Waals surface area contributed by atoms with Gasteiger partial charge in [0.05, 0.1) is 6.61 Å². The molecule has 0 heterocycles. The van der Waals surface area contributed by atoms with Gasteiger partial charge in [-0.15, -0.1) is 0 Å². The first-order valence-electron chi connectivity index (χ1n) is 5.31. The monoisotopic (exact) mass is 319 g/mol. The van der Waals surface area contributed by atoms with Gasteiger partial charge in [0.2, 0.25) is 0 Å². The van der Waals surface area contributed by atoms with Crippen LogP contribution in [0.1, 0.15) is 0 Å².